The van der Waals surface area contributed by atoms with Crippen LogP contribution in [0, 0.1) is 13.8 Å². The van der Waals surface area contributed by atoms with Crippen LogP contribution < -0.4 is 5.32 Å². The summed E-state index contributed by atoms with van der Waals surface area (Å²) in [4.78, 5) is 20.7. The summed E-state index contributed by atoms with van der Waals surface area (Å²) in [5.74, 6) is 0.683. The standard InChI is InChI=1S/C17H20N6O/c1-12-9-15(21-22(12)3)17(24)19-7-8-23-13(2)10-20-16(23)14-5-4-6-18-11-14/h4-6,9-11H,7-8H2,1-3H3,(H,19,24). The van der Waals surface area contributed by atoms with Crippen LogP contribution in [0.4, 0.5) is 0 Å². The zero-order chi connectivity index (χ0) is 17.1. The molecule has 7 nitrogen and oxygen atoms in total. The lowest BCUT2D eigenvalue weighted by molar-refractivity contribution is 0.0946. The summed E-state index contributed by atoms with van der Waals surface area (Å²) in [5.41, 5.74) is 3.38. The van der Waals surface area contributed by atoms with E-state index in [1.807, 2.05) is 39.2 Å². The van der Waals surface area contributed by atoms with E-state index in [0.717, 1.165) is 22.8 Å². The minimum absolute atomic E-state index is 0.167. The molecule has 3 aromatic heterocycles. The van der Waals surface area contributed by atoms with Gasteiger partial charge < -0.3 is 9.88 Å². The second-order valence-electron chi connectivity index (χ2n) is 5.67. The number of aryl methyl sites for hydroxylation is 3. The van der Waals surface area contributed by atoms with E-state index in [1.54, 1.807) is 23.1 Å². The third-order valence-corrected chi connectivity index (χ3v) is 3.94. The minimum atomic E-state index is -0.167. The van der Waals surface area contributed by atoms with E-state index in [4.69, 9.17) is 0 Å². The van der Waals surface area contributed by atoms with Crippen LogP contribution in [0.1, 0.15) is 21.9 Å². The highest BCUT2D eigenvalue weighted by atomic mass is 16.1. The molecule has 0 fully saturated rings. The number of nitrogens with one attached hydrogen (secondary N) is 1. The molecule has 0 aliphatic rings. The Morgan fingerprint density at radius 2 is 2.08 bits per heavy atom. The van der Waals surface area contributed by atoms with Crippen LogP contribution >= 0.6 is 0 Å². The summed E-state index contributed by atoms with van der Waals surface area (Å²) in [6.45, 7) is 5.04. The highest BCUT2D eigenvalue weighted by Gasteiger charge is 2.12. The third-order valence-electron chi connectivity index (χ3n) is 3.94. The largest absolute Gasteiger partial charge is 0.349 e. The molecule has 0 bridgehead atoms. The van der Waals surface area contributed by atoms with E-state index < -0.39 is 0 Å². The summed E-state index contributed by atoms with van der Waals surface area (Å²) in [7, 11) is 1.82. The number of nitrogens with zero attached hydrogens (tertiary/aromatic N) is 5. The molecule has 24 heavy (non-hydrogen) atoms. The van der Waals surface area contributed by atoms with Crippen molar-refractivity contribution < 1.29 is 4.79 Å². The summed E-state index contributed by atoms with van der Waals surface area (Å²) < 4.78 is 3.76. The van der Waals surface area contributed by atoms with E-state index >= 15 is 0 Å². The van der Waals surface area contributed by atoms with Crippen LogP contribution in [0.3, 0.4) is 0 Å². The van der Waals surface area contributed by atoms with E-state index in [2.05, 4.69) is 25.0 Å². The lowest BCUT2D eigenvalue weighted by atomic mass is 10.2. The van der Waals surface area contributed by atoms with Gasteiger partial charge in [-0.25, -0.2) is 4.98 Å². The van der Waals surface area contributed by atoms with Gasteiger partial charge in [-0.15, -0.1) is 0 Å². The first kappa shape index (κ1) is 15.9. The molecule has 0 saturated heterocycles. The lowest BCUT2D eigenvalue weighted by Crippen LogP contribution is -2.28. The fourth-order valence-corrected chi connectivity index (χ4v) is 2.51. The number of imidazole rings is 1. The van der Waals surface area contributed by atoms with Gasteiger partial charge in [0.15, 0.2) is 0 Å². The van der Waals surface area contributed by atoms with Crippen molar-refractivity contribution in [3.8, 4) is 11.4 Å². The van der Waals surface area contributed by atoms with Gasteiger partial charge in [0.2, 0.25) is 0 Å². The van der Waals surface area contributed by atoms with Gasteiger partial charge in [-0.2, -0.15) is 5.10 Å². The van der Waals surface area contributed by atoms with Crippen LogP contribution in [-0.4, -0.2) is 36.8 Å². The van der Waals surface area contributed by atoms with E-state index in [9.17, 15) is 4.79 Å². The average Bonchev–Trinajstić information content (AvgIpc) is 3.12. The highest BCUT2D eigenvalue weighted by Crippen LogP contribution is 2.17. The van der Waals surface area contributed by atoms with Crippen LogP contribution in [0.15, 0.2) is 36.8 Å². The van der Waals surface area contributed by atoms with Crippen molar-refractivity contribution in [3.63, 3.8) is 0 Å². The molecule has 3 heterocycles. The van der Waals surface area contributed by atoms with E-state index in [-0.39, 0.29) is 5.91 Å². The molecule has 3 rings (SSSR count). The molecule has 0 atom stereocenters. The molecule has 0 aromatic carbocycles. The Hall–Kier alpha value is -2.96. The van der Waals surface area contributed by atoms with Gasteiger partial charge in [0.25, 0.3) is 5.91 Å². The second-order valence-corrected chi connectivity index (χ2v) is 5.67. The zero-order valence-electron chi connectivity index (χ0n) is 14.0. The first-order chi connectivity index (χ1) is 11.6. The van der Waals surface area contributed by atoms with Gasteiger partial charge in [0, 0.05) is 55.7 Å². The number of aromatic nitrogens is 5. The maximum atomic E-state index is 12.2. The first-order valence-corrected chi connectivity index (χ1v) is 7.77. The van der Waals surface area contributed by atoms with Crippen LogP contribution in [0.25, 0.3) is 11.4 Å². The van der Waals surface area contributed by atoms with Crippen LogP contribution in [0.5, 0.6) is 0 Å². The minimum Gasteiger partial charge on any atom is -0.349 e. The lowest BCUT2D eigenvalue weighted by Gasteiger charge is -2.10. The molecule has 0 saturated carbocycles. The van der Waals surface area contributed by atoms with E-state index in [0.29, 0.717) is 18.8 Å². The topological polar surface area (TPSA) is 77.6 Å². The molecular weight excluding hydrogens is 304 g/mol. The van der Waals surface area contributed by atoms with Crippen molar-refractivity contribution in [2.24, 2.45) is 7.05 Å². The molecular formula is C17H20N6O. The predicted octanol–water partition coefficient (Wildman–Crippen LogP) is 1.73. The number of rotatable bonds is 5. The maximum Gasteiger partial charge on any atom is 0.271 e. The highest BCUT2D eigenvalue weighted by molar-refractivity contribution is 5.92. The van der Waals surface area contributed by atoms with E-state index in [1.165, 1.54) is 0 Å². The number of hydrogen-bond donors (Lipinski definition) is 1. The third kappa shape index (κ3) is 3.19. The Kier molecular flexibility index (Phi) is 4.41. The fraction of sp³-hybridized carbons (Fsp3) is 0.294. The Morgan fingerprint density at radius 3 is 2.75 bits per heavy atom. The monoisotopic (exact) mass is 324 g/mol. The fourth-order valence-electron chi connectivity index (χ4n) is 2.51. The van der Waals surface area contributed by atoms with Crippen molar-refractivity contribution >= 4 is 5.91 Å². The maximum absolute atomic E-state index is 12.2. The van der Waals surface area contributed by atoms with Gasteiger partial charge in [-0.05, 0) is 32.0 Å². The summed E-state index contributed by atoms with van der Waals surface area (Å²) in [6.07, 6.45) is 5.35. The van der Waals surface area contributed by atoms with Crippen LogP contribution in [-0.2, 0) is 13.6 Å². The molecule has 1 amide bonds. The number of amides is 1. The smallest absolute Gasteiger partial charge is 0.271 e. The summed E-state index contributed by atoms with van der Waals surface area (Å²) >= 11 is 0. The molecule has 0 aliphatic heterocycles. The Labute approximate surface area is 140 Å². The number of pyridine rings is 1. The molecule has 7 heteroatoms. The van der Waals surface area contributed by atoms with Crippen molar-refractivity contribution in [2.45, 2.75) is 20.4 Å². The Bertz CT molecular complexity index is 830. The number of hydrogen-bond acceptors (Lipinski definition) is 4. The predicted molar refractivity (Wildman–Crippen MR) is 90.5 cm³/mol. The quantitative estimate of drug-likeness (QED) is 0.775. The molecule has 0 unspecified atom stereocenters. The van der Waals surface area contributed by atoms with Crippen molar-refractivity contribution in [1.29, 1.82) is 0 Å². The Balaban J connectivity index is 1.67. The van der Waals surface area contributed by atoms with Crippen LogP contribution in [0.2, 0.25) is 0 Å². The van der Waals surface area contributed by atoms with Crippen molar-refractivity contribution in [2.75, 3.05) is 6.54 Å². The van der Waals surface area contributed by atoms with Gasteiger partial charge in [-0.1, -0.05) is 0 Å². The first-order valence-electron chi connectivity index (χ1n) is 7.77. The number of carbonyl (C=O) groups is 1. The zero-order valence-corrected chi connectivity index (χ0v) is 14.0. The molecule has 124 valence electrons. The molecule has 0 radical (unpaired) electrons. The summed E-state index contributed by atoms with van der Waals surface area (Å²) in [5, 5.41) is 7.09. The van der Waals surface area contributed by atoms with Gasteiger partial charge in [0.05, 0.1) is 0 Å². The van der Waals surface area contributed by atoms with Gasteiger partial charge >= 0.3 is 0 Å². The van der Waals surface area contributed by atoms with Gasteiger partial charge in [-0.3, -0.25) is 14.5 Å². The second kappa shape index (κ2) is 6.66. The Morgan fingerprint density at radius 1 is 1.25 bits per heavy atom. The molecule has 0 aliphatic carbocycles. The van der Waals surface area contributed by atoms with Gasteiger partial charge in [0.1, 0.15) is 11.5 Å². The molecule has 3 aromatic rings. The number of carbonyl (C=O) groups excluding carboxylic acids is 1. The SMILES string of the molecule is Cc1cc(C(=O)NCCn2c(C)cnc2-c2cccnc2)nn1C. The normalized spacial score (nSPS) is 10.8. The summed E-state index contributed by atoms with van der Waals surface area (Å²) in [6, 6.07) is 5.63. The van der Waals surface area contributed by atoms with Crippen molar-refractivity contribution in [3.05, 3.63) is 53.9 Å². The van der Waals surface area contributed by atoms with Crippen molar-refractivity contribution in [1.82, 2.24) is 29.6 Å². The average molecular weight is 324 g/mol. The molecule has 0 spiro atoms. The molecule has 1 N–H and O–H groups in total.